The normalized spacial score (nSPS) is 17.2. The van der Waals surface area contributed by atoms with Crippen LogP contribution in [0.25, 0.3) is 11.0 Å². The van der Waals surface area contributed by atoms with Crippen LogP contribution in [0.15, 0.2) is 42.5 Å². The Bertz CT molecular complexity index is 1030. The number of aromatic amines is 1. The largest absolute Gasteiger partial charge is 0.384 e. The Morgan fingerprint density at radius 2 is 2.07 bits per heavy atom. The number of likely N-dealkylation sites (tertiary alicyclic amines) is 1. The number of nitrogens with two attached hydrogens (primary N) is 1. The van der Waals surface area contributed by atoms with Gasteiger partial charge in [-0.1, -0.05) is 35.9 Å². The fourth-order valence-electron chi connectivity index (χ4n) is 3.70. The number of halogens is 1. The van der Waals surface area contributed by atoms with Gasteiger partial charge >= 0.3 is 0 Å². The van der Waals surface area contributed by atoms with Crippen molar-refractivity contribution in [3.63, 3.8) is 0 Å². The second-order valence-corrected chi connectivity index (χ2v) is 7.77. The first-order valence-corrected chi connectivity index (χ1v) is 9.71. The molecule has 2 heterocycles. The summed E-state index contributed by atoms with van der Waals surface area (Å²) in [6, 6.07) is 13.1. The van der Waals surface area contributed by atoms with Gasteiger partial charge in [0.15, 0.2) is 0 Å². The van der Waals surface area contributed by atoms with Crippen LogP contribution in [0.2, 0.25) is 5.02 Å². The number of amidine groups is 1. The van der Waals surface area contributed by atoms with Crippen LogP contribution in [0.5, 0.6) is 0 Å². The molecule has 0 bridgehead atoms. The minimum atomic E-state index is 0.0521. The molecule has 1 unspecified atom stereocenters. The highest BCUT2D eigenvalue weighted by atomic mass is 35.5. The van der Waals surface area contributed by atoms with Crippen molar-refractivity contribution in [2.75, 3.05) is 6.54 Å². The number of amides is 1. The Kier molecular flexibility index (Phi) is 5.05. The van der Waals surface area contributed by atoms with Crippen LogP contribution in [0, 0.1) is 11.3 Å². The Morgan fingerprint density at radius 1 is 1.29 bits per heavy atom. The molecule has 1 aliphatic heterocycles. The number of carbonyl (C=O) groups excluding carboxylic acids is 1. The topological polar surface area (TPSA) is 98.9 Å². The fourth-order valence-corrected chi connectivity index (χ4v) is 3.87. The molecule has 1 aromatic heterocycles. The molecule has 0 saturated carbocycles. The number of benzene rings is 2. The van der Waals surface area contributed by atoms with Gasteiger partial charge in [-0.15, -0.1) is 0 Å². The van der Waals surface area contributed by atoms with E-state index in [2.05, 4.69) is 9.97 Å². The third-order valence-electron chi connectivity index (χ3n) is 5.24. The van der Waals surface area contributed by atoms with E-state index in [1.54, 1.807) is 0 Å². The zero-order chi connectivity index (χ0) is 19.7. The SMILES string of the molecule is N=C(N)c1ccc(CN2CCC(Cc3nc4ccc(Cl)cc4[nH]3)CC2=O)cc1. The Morgan fingerprint density at radius 3 is 2.79 bits per heavy atom. The first-order valence-electron chi connectivity index (χ1n) is 9.33. The van der Waals surface area contributed by atoms with Crippen molar-refractivity contribution >= 4 is 34.4 Å². The average molecular weight is 396 g/mol. The lowest BCUT2D eigenvalue weighted by molar-refractivity contribution is -0.135. The lowest BCUT2D eigenvalue weighted by Crippen LogP contribution is -2.38. The maximum Gasteiger partial charge on any atom is 0.223 e. The van der Waals surface area contributed by atoms with Crippen molar-refractivity contribution in [1.82, 2.24) is 14.9 Å². The number of imidazole rings is 1. The summed E-state index contributed by atoms with van der Waals surface area (Å²) in [6.45, 7) is 1.33. The van der Waals surface area contributed by atoms with Crippen LogP contribution in [0.4, 0.5) is 0 Å². The molecule has 144 valence electrons. The molecule has 28 heavy (non-hydrogen) atoms. The number of H-pyrrole nitrogens is 1. The van der Waals surface area contributed by atoms with Crippen molar-refractivity contribution < 1.29 is 4.79 Å². The molecule has 2 aromatic carbocycles. The summed E-state index contributed by atoms with van der Waals surface area (Å²) in [7, 11) is 0. The van der Waals surface area contributed by atoms with E-state index < -0.39 is 0 Å². The lowest BCUT2D eigenvalue weighted by atomic mass is 9.92. The predicted molar refractivity (Wildman–Crippen MR) is 110 cm³/mol. The molecule has 7 heteroatoms. The predicted octanol–water partition coefficient (Wildman–Crippen LogP) is 3.48. The summed E-state index contributed by atoms with van der Waals surface area (Å²) in [5.74, 6) is 1.42. The highest BCUT2D eigenvalue weighted by Crippen LogP contribution is 2.25. The highest BCUT2D eigenvalue weighted by Gasteiger charge is 2.26. The van der Waals surface area contributed by atoms with Gasteiger partial charge in [0, 0.05) is 36.5 Å². The van der Waals surface area contributed by atoms with E-state index in [4.69, 9.17) is 22.7 Å². The lowest BCUT2D eigenvalue weighted by Gasteiger charge is -2.31. The summed E-state index contributed by atoms with van der Waals surface area (Å²) in [5, 5.41) is 8.13. The third-order valence-corrected chi connectivity index (χ3v) is 5.47. The average Bonchev–Trinajstić information content (AvgIpc) is 3.05. The molecular formula is C21H22ClN5O. The maximum atomic E-state index is 12.6. The maximum absolute atomic E-state index is 12.6. The Balaban J connectivity index is 1.36. The van der Waals surface area contributed by atoms with Crippen LogP contribution in [-0.4, -0.2) is 33.2 Å². The molecular weight excluding hydrogens is 374 g/mol. The number of fused-ring (bicyclic) bond motifs is 1. The van der Waals surface area contributed by atoms with Gasteiger partial charge in [-0.3, -0.25) is 10.2 Å². The number of aromatic nitrogens is 2. The fraction of sp³-hybridized carbons (Fsp3) is 0.286. The van der Waals surface area contributed by atoms with Gasteiger partial charge in [0.2, 0.25) is 5.91 Å². The molecule has 6 nitrogen and oxygen atoms in total. The third kappa shape index (κ3) is 4.02. The molecule has 4 N–H and O–H groups in total. The van der Waals surface area contributed by atoms with Gasteiger partial charge in [-0.2, -0.15) is 0 Å². The first-order chi connectivity index (χ1) is 13.5. The van der Waals surface area contributed by atoms with E-state index in [1.807, 2.05) is 47.4 Å². The Hall–Kier alpha value is -2.86. The molecule has 3 aromatic rings. The minimum Gasteiger partial charge on any atom is -0.384 e. The summed E-state index contributed by atoms with van der Waals surface area (Å²) >= 11 is 6.03. The van der Waals surface area contributed by atoms with Crippen molar-refractivity contribution in [2.24, 2.45) is 11.7 Å². The van der Waals surface area contributed by atoms with Crippen LogP contribution in [0.3, 0.4) is 0 Å². The smallest absolute Gasteiger partial charge is 0.223 e. The number of hydrogen-bond donors (Lipinski definition) is 3. The van der Waals surface area contributed by atoms with E-state index in [0.717, 1.165) is 41.8 Å². The monoisotopic (exact) mass is 395 g/mol. The molecule has 0 radical (unpaired) electrons. The second-order valence-electron chi connectivity index (χ2n) is 7.33. The molecule has 0 spiro atoms. The quantitative estimate of drug-likeness (QED) is 0.455. The minimum absolute atomic E-state index is 0.0521. The van der Waals surface area contributed by atoms with Gasteiger partial charge in [-0.25, -0.2) is 4.98 Å². The number of nitrogens with zero attached hydrogens (tertiary/aromatic N) is 2. The van der Waals surface area contributed by atoms with Crippen LogP contribution in [-0.2, 0) is 17.8 Å². The first kappa shape index (κ1) is 18.5. The molecule has 1 amide bonds. The highest BCUT2D eigenvalue weighted by molar-refractivity contribution is 6.31. The number of rotatable bonds is 5. The van der Waals surface area contributed by atoms with E-state index >= 15 is 0 Å². The van der Waals surface area contributed by atoms with E-state index in [-0.39, 0.29) is 11.7 Å². The molecule has 1 aliphatic rings. The molecule has 0 aliphatic carbocycles. The molecule has 4 rings (SSSR count). The van der Waals surface area contributed by atoms with Crippen molar-refractivity contribution in [2.45, 2.75) is 25.8 Å². The number of nitrogen functional groups attached to an aromatic ring is 1. The second kappa shape index (κ2) is 7.64. The van der Waals surface area contributed by atoms with Gasteiger partial charge < -0.3 is 15.6 Å². The standard InChI is InChI=1S/C21H22ClN5O/c22-16-5-6-17-18(11-16)26-19(25-17)9-14-7-8-27(20(28)10-14)12-13-1-3-15(4-2-13)21(23)24/h1-6,11,14H,7-10,12H2,(H3,23,24)(H,25,26). The van der Waals surface area contributed by atoms with E-state index in [1.165, 1.54) is 0 Å². The van der Waals surface area contributed by atoms with Crippen molar-refractivity contribution in [3.05, 3.63) is 64.4 Å². The molecule has 1 atom stereocenters. The van der Waals surface area contributed by atoms with Crippen molar-refractivity contribution in [1.29, 1.82) is 5.41 Å². The summed E-state index contributed by atoms with van der Waals surface area (Å²) in [6.07, 6.45) is 2.25. The zero-order valence-corrected chi connectivity index (χ0v) is 16.2. The number of nitrogens with one attached hydrogen (secondary N) is 2. The van der Waals surface area contributed by atoms with Gasteiger partial charge in [0.1, 0.15) is 11.7 Å². The summed E-state index contributed by atoms with van der Waals surface area (Å²) in [5.41, 5.74) is 9.06. The van der Waals surface area contributed by atoms with Crippen LogP contribution < -0.4 is 5.73 Å². The van der Waals surface area contributed by atoms with E-state index in [9.17, 15) is 4.79 Å². The van der Waals surface area contributed by atoms with Crippen LogP contribution >= 0.6 is 11.6 Å². The number of hydrogen-bond acceptors (Lipinski definition) is 3. The summed E-state index contributed by atoms with van der Waals surface area (Å²) in [4.78, 5) is 22.4. The molecule has 1 saturated heterocycles. The van der Waals surface area contributed by atoms with Gasteiger partial charge in [0.05, 0.1) is 11.0 Å². The number of carbonyl (C=O) groups is 1. The summed E-state index contributed by atoms with van der Waals surface area (Å²) < 4.78 is 0. The van der Waals surface area contributed by atoms with Gasteiger partial charge in [0.25, 0.3) is 0 Å². The van der Waals surface area contributed by atoms with Crippen molar-refractivity contribution in [3.8, 4) is 0 Å². The Labute approximate surface area is 168 Å². The van der Waals surface area contributed by atoms with Crippen LogP contribution in [0.1, 0.15) is 29.8 Å². The molecule has 1 fully saturated rings. The number of piperidine rings is 1. The van der Waals surface area contributed by atoms with Gasteiger partial charge in [-0.05, 0) is 36.1 Å². The zero-order valence-electron chi connectivity index (χ0n) is 15.4. The van der Waals surface area contributed by atoms with E-state index in [0.29, 0.717) is 29.5 Å².